The van der Waals surface area contributed by atoms with E-state index in [1.807, 2.05) is 37.3 Å². The smallest absolute Gasteiger partial charge is 0.134 e. The molecule has 0 bridgehead atoms. The molecule has 1 aromatic carbocycles. The zero-order chi connectivity index (χ0) is 16.9. The Kier molecular flexibility index (Phi) is 5.53. The number of aromatic nitrogens is 2. The van der Waals surface area contributed by atoms with Gasteiger partial charge in [0.2, 0.25) is 0 Å². The van der Waals surface area contributed by atoms with Crippen LogP contribution in [0.3, 0.4) is 0 Å². The Morgan fingerprint density at radius 1 is 1.08 bits per heavy atom. The number of likely N-dealkylation sites (N-methyl/N-ethyl adjacent to an activating group) is 1. The summed E-state index contributed by atoms with van der Waals surface area (Å²) in [6.07, 6.45) is 0. The van der Waals surface area contributed by atoms with Gasteiger partial charge in [0.25, 0.3) is 0 Å². The van der Waals surface area contributed by atoms with E-state index < -0.39 is 0 Å². The predicted molar refractivity (Wildman–Crippen MR) is 99.9 cm³/mol. The number of halogens is 1. The molecule has 0 amide bonds. The Morgan fingerprint density at radius 3 is 2.46 bits per heavy atom. The second-order valence-corrected chi connectivity index (χ2v) is 6.50. The first-order valence-corrected chi connectivity index (χ1v) is 8.83. The second-order valence-electron chi connectivity index (χ2n) is 6.06. The van der Waals surface area contributed by atoms with Crippen LogP contribution in [0.15, 0.2) is 30.3 Å². The number of aryl methyl sites for hydroxylation is 1. The van der Waals surface area contributed by atoms with Crippen molar-refractivity contribution in [2.45, 2.75) is 20.4 Å². The van der Waals surface area contributed by atoms with Crippen molar-refractivity contribution in [3.63, 3.8) is 0 Å². The molecule has 1 saturated heterocycles. The van der Waals surface area contributed by atoms with Crippen LogP contribution in [0.25, 0.3) is 0 Å². The SMILES string of the molecule is CCN1CCN(c2cc(NCc3ccc(Cl)cc3)nc(C)n2)CC1. The molecule has 1 fully saturated rings. The van der Waals surface area contributed by atoms with E-state index in [9.17, 15) is 0 Å². The third-order valence-corrected chi connectivity index (χ3v) is 4.61. The van der Waals surface area contributed by atoms with E-state index in [1.54, 1.807) is 0 Å². The van der Waals surface area contributed by atoms with E-state index in [1.165, 1.54) is 5.56 Å². The van der Waals surface area contributed by atoms with E-state index in [0.29, 0.717) is 0 Å². The minimum absolute atomic E-state index is 0.719. The highest BCUT2D eigenvalue weighted by Gasteiger charge is 2.17. The van der Waals surface area contributed by atoms with Crippen molar-refractivity contribution in [3.8, 4) is 0 Å². The van der Waals surface area contributed by atoms with Gasteiger partial charge in [-0.1, -0.05) is 30.7 Å². The maximum Gasteiger partial charge on any atom is 0.134 e. The quantitative estimate of drug-likeness (QED) is 0.901. The fourth-order valence-corrected chi connectivity index (χ4v) is 3.02. The van der Waals surface area contributed by atoms with Gasteiger partial charge in [-0.2, -0.15) is 0 Å². The first-order chi connectivity index (χ1) is 11.6. The summed E-state index contributed by atoms with van der Waals surface area (Å²) >= 11 is 5.93. The van der Waals surface area contributed by atoms with Crippen LogP contribution < -0.4 is 10.2 Å². The summed E-state index contributed by atoms with van der Waals surface area (Å²) in [6.45, 7) is 10.2. The summed E-state index contributed by atoms with van der Waals surface area (Å²) in [7, 11) is 0. The zero-order valence-electron chi connectivity index (χ0n) is 14.3. The Hall–Kier alpha value is -1.85. The largest absolute Gasteiger partial charge is 0.366 e. The molecule has 2 aromatic rings. The molecular formula is C18H24ClN5. The second kappa shape index (κ2) is 7.81. The lowest BCUT2D eigenvalue weighted by atomic mass is 10.2. The van der Waals surface area contributed by atoms with Gasteiger partial charge in [0.15, 0.2) is 0 Å². The molecule has 128 valence electrons. The summed E-state index contributed by atoms with van der Waals surface area (Å²) in [5.74, 6) is 2.67. The average Bonchev–Trinajstić information content (AvgIpc) is 2.61. The zero-order valence-corrected chi connectivity index (χ0v) is 15.1. The predicted octanol–water partition coefficient (Wildman–Crippen LogP) is 3.19. The Bertz CT molecular complexity index is 666. The Morgan fingerprint density at radius 2 is 1.79 bits per heavy atom. The monoisotopic (exact) mass is 345 g/mol. The van der Waals surface area contributed by atoms with Gasteiger partial charge in [-0.05, 0) is 31.2 Å². The first-order valence-electron chi connectivity index (χ1n) is 8.45. The normalized spacial score (nSPS) is 15.5. The molecule has 6 heteroatoms. The molecule has 5 nitrogen and oxygen atoms in total. The van der Waals surface area contributed by atoms with Gasteiger partial charge in [0.05, 0.1) is 0 Å². The van der Waals surface area contributed by atoms with Gasteiger partial charge >= 0.3 is 0 Å². The van der Waals surface area contributed by atoms with Gasteiger partial charge < -0.3 is 15.1 Å². The summed E-state index contributed by atoms with van der Waals surface area (Å²) in [6, 6.07) is 9.90. The van der Waals surface area contributed by atoms with Gasteiger partial charge in [-0.3, -0.25) is 0 Å². The van der Waals surface area contributed by atoms with E-state index in [4.69, 9.17) is 11.6 Å². The van der Waals surface area contributed by atoms with Crippen molar-refractivity contribution in [2.75, 3.05) is 42.9 Å². The van der Waals surface area contributed by atoms with E-state index in [-0.39, 0.29) is 0 Å². The number of benzene rings is 1. The standard InChI is InChI=1S/C18H24ClN5/c1-3-23-8-10-24(11-9-23)18-12-17(21-14(2)22-18)20-13-15-4-6-16(19)7-5-15/h4-7,12H,3,8-11,13H2,1-2H3,(H,20,21,22). The fraction of sp³-hybridized carbons (Fsp3) is 0.444. The maximum absolute atomic E-state index is 5.93. The highest BCUT2D eigenvalue weighted by atomic mass is 35.5. The third-order valence-electron chi connectivity index (χ3n) is 4.35. The van der Waals surface area contributed by atoms with Crippen molar-refractivity contribution in [2.24, 2.45) is 0 Å². The third kappa shape index (κ3) is 4.36. The molecule has 0 spiro atoms. The lowest BCUT2D eigenvalue weighted by Gasteiger charge is -2.34. The summed E-state index contributed by atoms with van der Waals surface area (Å²) < 4.78 is 0. The summed E-state index contributed by atoms with van der Waals surface area (Å²) in [4.78, 5) is 13.9. The molecule has 1 aliphatic heterocycles. The van der Waals surface area contributed by atoms with Crippen LogP contribution in [0.5, 0.6) is 0 Å². The van der Waals surface area contributed by atoms with Crippen LogP contribution in [0, 0.1) is 6.92 Å². The summed E-state index contributed by atoms with van der Waals surface area (Å²) in [5.41, 5.74) is 1.17. The summed E-state index contributed by atoms with van der Waals surface area (Å²) in [5, 5.41) is 4.14. The highest BCUT2D eigenvalue weighted by Crippen LogP contribution is 2.18. The molecule has 0 saturated carbocycles. The topological polar surface area (TPSA) is 44.3 Å². The van der Waals surface area contributed by atoms with Crippen molar-refractivity contribution in [1.82, 2.24) is 14.9 Å². The van der Waals surface area contributed by atoms with E-state index in [0.717, 1.165) is 61.8 Å². The molecule has 1 aliphatic rings. The molecule has 0 radical (unpaired) electrons. The van der Waals surface area contributed by atoms with Crippen molar-refractivity contribution in [1.29, 1.82) is 0 Å². The van der Waals surface area contributed by atoms with Crippen molar-refractivity contribution < 1.29 is 0 Å². The number of piperazine rings is 1. The molecule has 1 aromatic heterocycles. The minimum Gasteiger partial charge on any atom is -0.366 e. The number of nitrogens with zero attached hydrogens (tertiary/aromatic N) is 4. The lowest BCUT2D eigenvalue weighted by Crippen LogP contribution is -2.46. The molecule has 1 N–H and O–H groups in total. The minimum atomic E-state index is 0.719. The number of nitrogens with one attached hydrogen (secondary N) is 1. The molecule has 0 atom stereocenters. The Labute approximate surface area is 148 Å². The molecule has 0 aliphatic carbocycles. The number of anilines is 2. The number of hydrogen-bond acceptors (Lipinski definition) is 5. The average molecular weight is 346 g/mol. The maximum atomic E-state index is 5.93. The van der Waals surface area contributed by atoms with E-state index >= 15 is 0 Å². The fourth-order valence-electron chi connectivity index (χ4n) is 2.89. The van der Waals surface area contributed by atoms with Crippen LogP contribution in [-0.4, -0.2) is 47.6 Å². The molecular weight excluding hydrogens is 322 g/mol. The van der Waals surface area contributed by atoms with Crippen LogP contribution in [-0.2, 0) is 6.54 Å². The molecule has 2 heterocycles. The van der Waals surface area contributed by atoms with E-state index in [2.05, 4.69) is 32.0 Å². The highest BCUT2D eigenvalue weighted by molar-refractivity contribution is 6.30. The lowest BCUT2D eigenvalue weighted by molar-refractivity contribution is 0.270. The van der Waals surface area contributed by atoms with Crippen LogP contribution in [0.2, 0.25) is 5.02 Å². The van der Waals surface area contributed by atoms with Crippen molar-refractivity contribution >= 4 is 23.2 Å². The van der Waals surface area contributed by atoms with Crippen LogP contribution in [0.4, 0.5) is 11.6 Å². The van der Waals surface area contributed by atoms with Gasteiger partial charge in [-0.15, -0.1) is 0 Å². The molecule has 24 heavy (non-hydrogen) atoms. The van der Waals surface area contributed by atoms with Gasteiger partial charge in [0.1, 0.15) is 17.5 Å². The van der Waals surface area contributed by atoms with Crippen molar-refractivity contribution in [3.05, 3.63) is 46.7 Å². The molecule has 0 unspecified atom stereocenters. The number of hydrogen-bond donors (Lipinski definition) is 1. The van der Waals surface area contributed by atoms with Crippen LogP contribution in [0.1, 0.15) is 18.3 Å². The Balaban J connectivity index is 1.66. The van der Waals surface area contributed by atoms with Gasteiger partial charge in [-0.25, -0.2) is 9.97 Å². The molecule has 3 rings (SSSR count). The van der Waals surface area contributed by atoms with Gasteiger partial charge in [0, 0.05) is 43.8 Å². The number of rotatable bonds is 5. The van der Waals surface area contributed by atoms with Crippen LogP contribution >= 0.6 is 11.6 Å². The first kappa shape index (κ1) is 17.0.